The Kier molecular flexibility index (Phi) is 3.62. The van der Waals surface area contributed by atoms with Gasteiger partial charge in [0.1, 0.15) is 0 Å². The van der Waals surface area contributed by atoms with Crippen LogP contribution < -0.4 is 0 Å². The molecule has 1 N–H and O–H groups in total. The highest BCUT2D eigenvalue weighted by molar-refractivity contribution is 5.41. The Balaban J connectivity index is 1.87. The predicted molar refractivity (Wildman–Crippen MR) is 87.6 cm³/mol. The molecule has 0 fully saturated rings. The number of aryl methyl sites for hydroxylation is 2. The second-order valence-electron chi connectivity index (χ2n) is 6.77. The molecule has 0 heterocycles. The quantitative estimate of drug-likeness (QED) is 0.878. The molecule has 1 unspecified atom stereocenters. The molecule has 0 saturated carbocycles. The Bertz CT molecular complexity index is 639. The number of hydrogen-bond acceptors (Lipinski definition) is 1. The smallest absolute Gasteiger partial charge is 0.0942 e. The summed E-state index contributed by atoms with van der Waals surface area (Å²) < 4.78 is 0. The van der Waals surface area contributed by atoms with Crippen molar-refractivity contribution < 1.29 is 5.11 Å². The fourth-order valence-electron chi connectivity index (χ4n) is 3.36. The summed E-state index contributed by atoms with van der Waals surface area (Å²) in [4.78, 5) is 0. The number of benzene rings is 2. The first-order valence-electron chi connectivity index (χ1n) is 7.89. The first kappa shape index (κ1) is 14.3. The summed E-state index contributed by atoms with van der Waals surface area (Å²) in [7, 11) is 0. The minimum atomic E-state index is -0.694. The number of rotatable bonds is 3. The van der Waals surface area contributed by atoms with E-state index in [1.807, 2.05) is 0 Å². The number of fused-ring (bicyclic) bond motifs is 1. The van der Waals surface area contributed by atoms with E-state index in [1.54, 1.807) is 0 Å². The lowest BCUT2D eigenvalue weighted by molar-refractivity contribution is 0.0389. The molecule has 0 radical (unpaired) electrons. The van der Waals surface area contributed by atoms with Crippen molar-refractivity contribution in [1.29, 1.82) is 0 Å². The Morgan fingerprint density at radius 2 is 1.81 bits per heavy atom. The zero-order valence-corrected chi connectivity index (χ0v) is 13.2. The van der Waals surface area contributed by atoms with Crippen LogP contribution in [0.25, 0.3) is 0 Å². The minimum Gasteiger partial charge on any atom is -0.385 e. The molecule has 1 nitrogen and oxygen atoms in total. The molecule has 2 aromatic rings. The Morgan fingerprint density at radius 3 is 2.48 bits per heavy atom. The average Bonchev–Trinajstić information content (AvgIpc) is 2.76. The van der Waals surface area contributed by atoms with E-state index in [-0.39, 0.29) is 0 Å². The van der Waals surface area contributed by atoms with Gasteiger partial charge in [0.15, 0.2) is 0 Å². The molecule has 3 rings (SSSR count). The Hall–Kier alpha value is -1.60. The molecule has 1 aliphatic carbocycles. The summed E-state index contributed by atoms with van der Waals surface area (Å²) in [6, 6.07) is 15.2. The summed E-state index contributed by atoms with van der Waals surface area (Å²) in [5.41, 5.74) is 5.55. The second kappa shape index (κ2) is 5.31. The topological polar surface area (TPSA) is 20.2 Å². The van der Waals surface area contributed by atoms with E-state index >= 15 is 0 Å². The van der Waals surface area contributed by atoms with Crippen LogP contribution in [0.15, 0.2) is 42.5 Å². The van der Waals surface area contributed by atoms with E-state index < -0.39 is 5.60 Å². The lowest BCUT2D eigenvalue weighted by atomic mass is 9.87. The zero-order chi connectivity index (χ0) is 15.0. The van der Waals surface area contributed by atoms with Gasteiger partial charge in [-0.25, -0.2) is 0 Å². The van der Waals surface area contributed by atoms with Crippen molar-refractivity contribution >= 4 is 0 Å². The molecule has 0 aromatic heterocycles. The largest absolute Gasteiger partial charge is 0.385 e. The van der Waals surface area contributed by atoms with Crippen molar-refractivity contribution in [2.24, 2.45) is 0 Å². The fraction of sp³-hybridized carbons (Fsp3) is 0.400. The van der Waals surface area contributed by atoms with Crippen LogP contribution in [-0.2, 0) is 18.4 Å². The molecule has 1 heteroatoms. The third-order valence-corrected chi connectivity index (χ3v) is 4.72. The highest BCUT2D eigenvalue weighted by Crippen LogP contribution is 2.39. The van der Waals surface area contributed by atoms with Crippen molar-refractivity contribution in [1.82, 2.24) is 0 Å². The van der Waals surface area contributed by atoms with Crippen LogP contribution in [-0.4, -0.2) is 5.11 Å². The average molecular weight is 280 g/mol. The molecule has 2 aromatic carbocycles. The molecule has 21 heavy (non-hydrogen) atoms. The molecule has 0 saturated heterocycles. The maximum Gasteiger partial charge on any atom is 0.0942 e. The zero-order valence-electron chi connectivity index (χ0n) is 13.2. The first-order valence-corrected chi connectivity index (χ1v) is 7.89. The number of hydrogen-bond donors (Lipinski definition) is 1. The predicted octanol–water partition coefficient (Wildman–Crippen LogP) is 4.49. The van der Waals surface area contributed by atoms with Gasteiger partial charge in [-0.1, -0.05) is 61.9 Å². The molecule has 1 atom stereocenters. The van der Waals surface area contributed by atoms with E-state index in [2.05, 4.69) is 63.2 Å². The van der Waals surface area contributed by atoms with Gasteiger partial charge in [0.05, 0.1) is 5.60 Å². The summed E-state index contributed by atoms with van der Waals surface area (Å²) in [5.74, 6) is 0.553. The molecule has 0 bridgehead atoms. The number of aliphatic hydroxyl groups is 1. The van der Waals surface area contributed by atoms with Gasteiger partial charge >= 0.3 is 0 Å². The summed E-state index contributed by atoms with van der Waals surface area (Å²) in [5, 5.41) is 11.1. The maximum absolute atomic E-state index is 11.1. The lowest BCUT2D eigenvalue weighted by Gasteiger charge is -2.25. The standard InChI is InChI=1S/C20H24O/c1-14(2)17-8-5-16(6-9-17)13-20(21)11-10-18-7-4-15(3)12-19(18)20/h4-9,12,14,21H,10-11,13H2,1-3H3. The molecular formula is C20H24O. The van der Waals surface area contributed by atoms with Crippen LogP contribution in [0.1, 0.15) is 54.0 Å². The van der Waals surface area contributed by atoms with Crippen LogP contribution >= 0.6 is 0 Å². The van der Waals surface area contributed by atoms with Crippen molar-refractivity contribution in [3.05, 3.63) is 70.3 Å². The molecular weight excluding hydrogens is 256 g/mol. The monoisotopic (exact) mass is 280 g/mol. The summed E-state index contributed by atoms with van der Waals surface area (Å²) in [6.45, 7) is 6.51. The normalized spacial score (nSPS) is 20.8. The van der Waals surface area contributed by atoms with Crippen LogP contribution in [0.4, 0.5) is 0 Å². The molecule has 0 spiro atoms. The SMILES string of the molecule is Cc1ccc2c(c1)C(O)(Cc1ccc(C(C)C)cc1)CC2. The van der Waals surface area contributed by atoms with Gasteiger partial charge in [-0.2, -0.15) is 0 Å². The van der Waals surface area contributed by atoms with E-state index in [0.717, 1.165) is 18.4 Å². The van der Waals surface area contributed by atoms with Crippen LogP contribution in [0.2, 0.25) is 0 Å². The van der Waals surface area contributed by atoms with Gasteiger partial charge in [0.2, 0.25) is 0 Å². The van der Waals surface area contributed by atoms with Gasteiger partial charge in [0.25, 0.3) is 0 Å². The van der Waals surface area contributed by atoms with Gasteiger partial charge < -0.3 is 5.11 Å². The van der Waals surface area contributed by atoms with E-state index in [1.165, 1.54) is 22.3 Å². The Labute approximate surface area is 127 Å². The van der Waals surface area contributed by atoms with Gasteiger partial charge in [0, 0.05) is 6.42 Å². The van der Waals surface area contributed by atoms with Crippen LogP contribution in [0.5, 0.6) is 0 Å². The lowest BCUT2D eigenvalue weighted by Crippen LogP contribution is -2.25. The maximum atomic E-state index is 11.1. The fourth-order valence-corrected chi connectivity index (χ4v) is 3.36. The van der Waals surface area contributed by atoms with E-state index in [4.69, 9.17) is 0 Å². The first-order chi connectivity index (χ1) is 9.98. The van der Waals surface area contributed by atoms with E-state index in [9.17, 15) is 5.11 Å². The van der Waals surface area contributed by atoms with Crippen molar-refractivity contribution in [3.63, 3.8) is 0 Å². The van der Waals surface area contributed by atoms with Crippen LogP contribution in [0.3, 0.4) is 0 Å². The Morgan fingerprint density at radius 1 is 1.10 bits per heavy atom. The van der Waals surface area contributed by atoms with Crippen LogP contribution in [0, 0.1) is 6.92 Å². The highest BCUT2D eigenvalue weighted by Gasteiger charge is 2.36. The molecule has 0 aliphatic heterocycles. The highest BCUT2D eigenvalue weighted by atomic mass is 16.3. The molecule has 0 amide bonds. The molecule has 1 aliphatic rings. The summed E-state index contributed by atoms with van der Waals surface area (Å²) in [6.07, 6.45) is 2.52. The third kappa shape index (κ3) is 2.75. The van der Waals surface area contributed by atoms with Crippen molar-refractivity contribution in [2.75, 3.05) is 0 Å². The summed E-state index contributed by atoms with van der Waals surface area (Å²) >= 11 is 0. The van der Waals surface area contributed by atoms with Gasteiger partial charge in [-0.05, 0) is 47.9 Å². The van der Waals surface area contributed by atoms with E-state index in [0.29, 0.717) is 12.3 Å². The molecule has 110 valence electrons. The van der Waals surface area contributed by atoms with Crippen molar-refractivity contribution in [2.45, 2.75) is 51.6 Å². The van der Waals surface area contributed by atoms with Gasteiger partial charge in [-0.3, -0.25) is 0 Å². The second-order valence-corrected chi connectivity index (χ2v) is 6.77. The minimum absolute atomic E-state index is 0.553. The van der Waals surface area contributed by atoms with Gasteiger partial charge in [-0.15, -0.1) is 0 Å². The third-order valence-electron chi connectivity index (χ3n) is 4.72. The van der Waals surface area contributed by atoms with Crippen molar-refractivity contribution in [3.8, 4) is 0 Å².